The van der Waals surface area contributed by atoms with Gasteiger partial charge in [-0.15, -0.1) is 0 Å². The molecule has 1 aliphatic carbocycles. The lowest BCUT2D eigenvalue weighted by atomic mass is 9.96. The molecule has 116 valence electrons. The molecule has 0 aromatic heterocycles. The van der Waals surface area contributed by atoms with Crippen molar-refractivity contribution in [1.29, 1.82) is 0 Å². The molecule has 0 unspecified atom stereocenters. The number of halogens is 1. The number of methoxy groups -OCH3 is 1. The normalized spacial score (nSPS) is 15.6. The second-order valence-corrected chi connectivity index (χ2v) is 6.42. The highest BCUT2D eigenvalue weighted by molar-refractivity contribution is 7.80. The van der Waals surface area contributed by atoms with Gasteiger partial charge < -0.3 is 15.0 Å². The molecule has 0 amide bonds. The number of nitrogens with zero attached hydrogens (tertiary/aromatic N) is 1. The summed E-state index contributed by atoms with van der Waals surface area (Å²) in [7, 11) is 3.67. The molecule has 1 aromatic rings. The van der Waals surface area contributed by atoms with Crippen LogP contribution in [0.1, 0.15) is 37.7 Å². The van der Waals surface area contributed by atoms with E-state index in [0.29, 0.717) is 17.6 Å². The van der Waals surface area contributed by atoms with Crippen LogP contribution in [0.4, 0.5) is 0 Å². The van der Waals surface area contributed by atoms with Crippen molar-refractivity contribution >= 4 is 28.9 Å². The molecule has 0 radical (unpaired) electrons. The molecule has 0 bridgehead atoms. The molecule has 1 fully saturated rings. The third-order valence-corrected chi connectivity index (χ3v) is 4.59. The second-order valence-electron chi connectivity index (χ2n) is 5.60. The zero-order chi connectivity index (χ0) is 15.2. The van der Waals surface area contributed by atoms with Crippen LogP contribution in [-0.2, 0) is 6.54 Å². The van der Waals surface area contributed by atoms with E-state index in [1.165, 1.54) is 32.1 Å². The third kappa shape index (κ3) is 4.75. The van der Waals surface area contributed by atoms with E-state index in [-0.39, 0.29) is 0 Å². The van der Waals surface area contributed by atoms with Crippen molar-refractivity contribution in [1.82, 2.24) is 10.2 Å². The van der Waals surface area contributed by atoms with Crippen LogP contribution in [0.3, 0.4) is 0 Å². The van der Waals surface area contributed by atoms with E-state index < -0.39 is 0 Å². The SMILES string of the molecule is COc1ccc(Cl)cc1CN(C)C(=S)NC1CCCCC1. The van der Waals surface area contributed by atoms with E-state index in [4.69, 9.17) is 28.6 Å². The van der Waals surface area contributed by atoms with Gasteiger partial charge in [0, 0.05) is 30.2 Å². The zero-order valence-electron chi connectivity index (χ0n) is 12.7. The van der Waals surface area contributed by atoms with Crippen molar-refractivity contribution in [2.75, 3.05) is 14.2 Å². The van der Waals surface area contributed by atoms with Gasteiger partial charge in [0.25, 0.3) is 0 Å². The fraction of sp³-hybridized carbons (Fsp3) is 0.562. The number of ether oxygens (including phenoxy) is 1. The lowest BCUT2D eigenvalue weighted by molar-refractivity contribution is 0.382. The van der Waals surface area contributed by atoms with Crippen molar-refractivity contribution in [2.45, 2.75) is 44.7 Å². The third-order valence-electron chi connectivity index (χ3n) is 3.93. The average molecular weight is 327 g/mol. The summed E-state index contributed by atoms with van der Waals surface area (Å²) in [5, 5.41) is 4.98. The van der Waals surface area contributed by atoms with Gasteiger partial charge in [-0.2, -0.15) is 0 Å². The molecule has 21 heavy (non-hydrogen) atoms. The summed E-state index contributed by atoms with van der Waals surface area (Å²) in [4.78, 5) is 2.04. The van der Waals surface area contributed by atoms with Crippen LogP contribution in [0.2, 0.25) is 5.02 Å². The van der Waals surface area contributed by atoms with Gasteiger partial charge in [-0.3, -0.25) is 0 Å². The van der Waals surface area contributed by atoms with Crippen LogP contribution in [0.25, 0.3) is 0 Å². The predicted molar refractivity (Wildman–Crippen MR) is 92.1 cm³/mol. The van der Waals surface area contributed by atoms with E-state index >= 15 is 0 Å². The van der Waals surface area contributed by atoms with Gasteiger partial charge in [0.1, 0.15) is 5.75 Å². The molecule has 0 heterocycles. The van der Waals surface area contributed by atoms with Gasteiger partial charge >= 0.3 is 0 Å². The Morgan fingerprint density at radius 1 is 1.38 bits per heavy atom. The molecule has 1 aliphatic rings. The van der Waals surface area contributed by atoms with Crippen LogP contribution in [0.5, 0.6) is 5.75 Å². The van der Waals surface area contributed by atoms with Crippen LogP contribution in [0.15, 0.2) is 18.2 Å². The van der Waals surface area contributed by atoms with Gasteiger partial charge in [-0.05, 0) is 43.3 Å². The molecule has 1 aromatic carbocycles. The highest BCUT2D eigenvalue weighted by atomic mass is 35.5. The Labute approximate surface area is 137 Å². The molecule has 0 aliphatic heterocycles. The first-order valence-electron chi connectivity index (χ1n) is 7.44. The Kier molecular flexibility index (Phi) is 6.12. The molecule has 1 saturated carbocycles. The van der Waals surface area contributed by atoms with E-state index in [2.05, 4.69) is 5.32 Å². The Balaban J connectivity index is 1.95. The van der Waals surface area contributed by atoms with Crippen molar-refractivity contribution in [2.24, 2.45) is 0 Å². The molecule has 0 spiro atoms. The maximum absolute atomic E-state index is 6.07. The molecule has 5 heteroatoms. The predicted octanol–water partition coefficient (Wildman–Crippen LogP) is 3.99. The first-order valence-corrected chi connectivity index (χ1v) is 8.23. The standard InChI is InChI=1S/C16H23ClN2OS/c1-19(16(21)18-14-6-4-3-5-7-14)11-12-10-13(17)8-9-15(12)20-2/h8-10,14H,3-7,11H2,1-2H3,(H,18,21). The smallest absolute Gasteiger partial charge is 0.169 e. The minimum atomic E-state index is 0.523. The summed E-state index contributed by atoms with van der Waals surface area (Å²) in [6, 6.07) is 6.18. The first kappa shape index (κ1) is 16.4. The van der Waals surface area contributed by atoms with Crippen molar-refractivity contribution < 1.29 is 4.74 Å². The Morgan fingerprint density at radius 3 is 2.76 bits per heavy atom. The summed E-state index contributed by atoms with van der Waals surface area (Å²) in [6.07, 6.45) is 6.38. The van der Waals surface area contributed by atoms with E-state index in [9.17, 15) is 0 Å². The number of rotatable bonds is 4. The van der Waals surface area contributed by atoms with Crippen molar-refractivity contribution in [3.8, 4) is 5.75 Å². The fourth-order valence-corrected chi connectivity index (χ4v) is 3.16. The maximum atomic E-state index is 6.07. The summed E-state index contributed by atoms with van der Waals surface area (Å²) in [6.45, 7) is 0.683. The first-order chi connectivity index (χ1) is 10.1. The topological polar surface area (TPSA) is 24.5 Å². The molecular weight excluding hydrogens is 304 g/mol. The average Bonchev–Trinajstić information content (AvgIpc) is 2.48. The van der Waals surface area contributed by atoms with Gasteiger partial charge in [0.2, 0.25) is 0 Å². The number of nitrogens with one attached hydrogen (secondary N) is 1. The summed E-state index contributed by atoms with van der Waals surface area (Å²) in [5.74, 6) is 0.840. The van der Waals surface area contributed by atoms with Gasteiger partial charge in [-0.1, -0.05) is 30.9 Å². The quantitative estimate of drug-likeness (QED) is 0.846. The summed E-state index contributed by atoms with van der Waals surface area (Å²) < 4.78 is 5.38. The molecule has 0 atom stereocenters. The molecule has 0 saturated heterocycles. The summed E-state index contributed by atoms with van der Waals surface area (Å²) >= 11 is 11.6. The van der Waals surface area contributed by atoms with Gasteiger partial charge in [-0.25, -0.2) is 0 Å². The highest BCUT2D eigenvalue weighted by Crippen LogP contribution is 2.24. The van der Waals surface area contributed by atoms with Gasteiger partial charge in [0.15, 0.2) is 5.11 Å². The largest absolute Gasteiger partial charge is 0.496 e. The minimum absolute atomic E-state index is 0.523. The monoisotopic (exact) mass is 326 g/mol. The van der Waals surface area contributed by atoms with Crippen LogP contribution in [0, 0.1) is 0 Å². The van der Waals surface area contributed by atoms with Crippen LogP contribution >= 0.6 is 23.8 Å². The summed E-state index contributed by atoms with van der Waals surface area (Å²) in [5.41, 5.74) is 1.04. The van der Waals surface area contributed by atoms with Crippen LogP contribution in [-0.4, -0.2) is 30.2 Å². The number of benzene rings is 1. The number of hydrogen-bond donors (Lipinski definition) is 1. The molecule has 1 N–H and O–H groups in total. The van der Waals surface area contributed by atoms with Crippen molar-refractivity contribution in [3.63, 3.8) is 0 Å². The lowest BCUT2D eigenvalue weighted by Crippen LogP contribution is -2.43. The van der Waals surface area contributed by atoms with E-state index in [0.717, 1.165) is 16.4 Å². The minimum Gasteiger partial charge on any atom is -0.496 e. The van der Waals surface area contributed by atoms with E-state index in [1.54, 1.807) is 7.11 Å². The zero-order valence-corrected chi connectivity index (χ0v) is 14.3. The number of thiocarbonyl (C=S) groups is 1. The molecule has 2 rings (SSSR count). The van der Waals surface area contributed by atoms with Gasteiger partial charge in [0.05, 0.1) is 7.11 Å². The Hall–Kier alpha value is -1.00. The number of hydrogen-bond acceptors (Lipinski definition) is 2. The lowest BCUT2D eigenvalue weighted by Gasteiger charge is -2.28. The molecular formula is C16H23ClN2OS. The Bertz CT molecular complexity index is 489. The second kappa shape index (κ2) is 7.85. The van der Waals surface area contributed by atoms with Crippen LogP contribution < -0.4 is 10.1 Å². The van der Waals surface area contributed by atoms with Crippen molar-refractivity contribution in [3.05, 3.63) is 28.8 Å². The maximum Gasteiger partial charge on any atom is 0.169 e. The molecule has 3 nitrogen and oxygen atoms in total. The highest BCUT2D eigenvalue weighted by Gasteiger charge is 2.16. The fourth-order valence-electron chi connectivity index (χ4n) is 2.73. The van der Waals surface area contributed by atoms with E-state index in [1.807, 2.05) is 30.1 Å². The Morgan fingerprint density at radius 2 is 2.10 bits per heavy atom.